The molecular weight excluding hydrogens is 236 g/mol. The third-order valence-electron chi connectivity index (χ3n) is 3.19. The molecule has 0 saturated heterocycles. The molecular formula is C17H12O2. The van der Waals surface area contributed by atoms with Gasteiger partial charge in [-0.2, -0.15) is 0 Å². The number of rotatable bonds is 1. The fourth-order valence-corrected chi connectivity index (χ4v) is 2.26. The van der Waals surface area contributed by atoms with Crippen LogP contribution in [-0.4, -0.2) is 5.11 Å². The number of hydrogen-bond donors (Lipinski definition) is 1. The lowest BCUT2D eigenvalue weighted by Gasteiger charge is -2.06. The number of fused-ring (bicyclic) bond motifs is 1. The lowest BCUT2D eigenvalue weighted by atomic mass is 9.99. The van der Waals surface area contributed by atoms with Gasteiger partial charge in [-0.05, 0) is 22.4 Å². The largest absolute Gasteiger partial charge is 0.504 e. The Bertz CT molecular complexity index is 802. The average Bonchev–Trinajstić information content (AvgIpc) is 2.61. The fourth-order valence-electron chi connectivity index (χ4n) is 2.26. The molecule has 0 unspecified atom stereocenters. The molecule has 0 aliphatic heterocycles. The topological polar surface area (TPSA) is 37.3 Å². The summed E-state index contributed by atoms with van der Waals surface area (Å²) in [6.07, 6.45) is 0. The van der Waals surface area contributed by atoms with Gasteiger partial charge in [0.1, 0.15) is 0 Å². The van der Waals surface area contributed by atoms with Crippen molar-refractivity contribution in [1.82, 2.24) is 0 Å². The molecule has 1 N–H and O–H groups in total. The minimum atomic E-state index is -0.368. The van der Waals surface area contributed by atoms with Crippen molar-refractivity contribution in [2.24, 2.45) is 0 Å². The van der Waals surface area contributed by atoms with Gasteiger partial charge in [0, 0.05) is 5.56 Å². The standard InChI is InChI=1S/C17H12O2/c18-16-11-4-3-9-15(17(16)19)14-10-5-7-12-6-1-2-8-13(12)14/h1-11H,(H,18,19). The van der Waals surface area contributed by atoms with Crippen LogP contribution < -0.4 is 5.43 Å². The van der Waals surface area contributed by atoms with Gasteiger partial charge in [-0.3, -0.25) is 4.79 Å². The van der Waals surface area contributed by atoms with Crippen molar-refractivity contribution in [3.8, 4) is 16.9 Å². The van der Waals surface area contributed by atoms with Crippen LogP contribution in [0.2, 0.25) is 0 Å². The van der Waals surface area contributed by atoms with Crippen molar-refractivity contribution < 1.29 is 5.11 Å². The maximum absolute atomic E-state index is 11.7. The molecule has 0 heterocycles. The molecule has 2 nitrogen and oxygen atoms in total. The van der Waals surface area contributed by atoms with Crippen LogP contribution in [0.3, 0.4) is 0 Å². The van der Waals surface area contributed by atoms with E-state index < -0.39 is 0 Å². The van der Waals surface area contributed by atoms with Crippen LogP contribution >= 0.6 is 0 Å². The first-order chi connectivity index (χ1) is 9.27. The zero-order valence-electron chi connectivity index (χ0n) is 10.2. The van der Waals surface area contributed by atoms with Gasteiger partial charge in [0.15, 0.2) is 5.75 Å². The zero-order chi connectivity index (χ0) is 13.2. The van der Waals surface area contributed by atoms with Gasteiger partial charge >= 0.3 is 0 Å². The summed E-state index contributed by atoms with van der Waals surface area (Å²) in [6.45, 7) is 0. The summed E-state index contributed by atoms with van der Waals surface area (Å²) in [4.78, 5) is 11.7. The summed E-state index contributed by atoms with van der Waals surface area (Å²) in [5.41, 5.74) is 1.06. The molecule has 19 heavy (non-hydrogen) atoms. The van der Waals surface area contributed by atoms with Crippen LogP contribution in [-0.2, 0) is 0 Å². The molecule has 0 saturated carbocycles. The molecule has 0 aliphatic rings. The van der Waals surface area contributed by atoms with Crippen LogP contribution in [0.25, 0.3) is 21.9 Å². The highest BCUT2D eigenvalue weighted by Crippen LogP contribution is 2.31. The normalized spacial score (nSPS) is 10.5. The van der Waals surface area contributed by atoms with Crippen molar-refractivity contribution in [2.75, 3.05) is 0 Å². The first-order valence-electron chi connectivity index (χ1n) is 6.08. The first kappa shape index (κ1) is 11.5. The minimum Gasteiger partial charge on any atom is -0.504 e. The van der Waals surface area contributed by atoms with Gasteiger partial charge in [-0.15, -0.1) is 0 Å². The summed E-state index contributed by atoms with van der Waals surface area (Å²) in [5, 5.41) is 12.2. The van der Waals surface area contributed by atoms with E-state index in [1.54, 1.807) is 18.2 Å². The van der Waals surface area contributed by atoms with E-state index in [1.807, 2.05) is 42.5 Å². The molecule has 0 amide bonds. The second kappa shape index (κ2) is 4.58. The van der Waals surface area contributed by atoms with E-state index in [0.29, 0.717) is 5.56 Å². The van der Waals surface area contributed by atoms with E-state index >= 15 is 0 Å². The van der Waals surface area contributed by atoms with Crippen molar-refractivity contribution in [3.63, 3.8) is 0 Å². The molecule has 3 aromatic carbocycles. The fraction of sp³-hybridized carbons (Fsp3) is 0. The maximum Gasteiger partial charge on any atom is 0.220 e. The highest BCUT2D eigenvalue weighted by molar-refractivity contribution is 5.97. The van der Waals surface area contributed by atoms with E-state index in [-0.39, 0.29) is 11.2 Å². The summed E-state index contributed by atoms with van der Waals surface area (Å²) < 4.78 is 0. The second-order valence-corrected chi connectivity index (χ2v) is 4.37. The lowest BCUT2D eigenvalue weighted by Crippen LogP contribution is -1.94. The lowest BCUT2D eigenvalue weighted by molar-refractivity contribution is 0.473. The van der Waals surface area contributed by atoms with E-state index in [1.165, 1.54) is 6.07 Å². The molecule has 3 aromatic rings. The Morgan fingerprint density at radius 3 is 2.21 bits per heavy atom. The number of hydrogen-bond acceptors (Lipinski definition) is 2. The monoisotopic (exact) mass is 248 g/mol. The van der Waals surface area contributed by atoms with Crippen molar-refractivity contribution in [1.29, 1.82) is 0 Å². The Morgan fingerprint density at radius 1 is 0.684 bits per heavy atom. The quantitative estimate of drug-likeness (QED) is 0.714. The van der Waals surface area contributed by atoms with Crippen molar-refractivity contribution in [2.45, 2.75) is 0 Å². The molecule has 0 radical (unpaired) electrons. The molecule has 3 rings (SSSR count). The summed E-state index contributed by atoms with van der Waals surface area (Å²) in [6, 6.07) is 20.3. The highest BCUT2D eigenvalue weighted by Gasteiger charge is 2.08. The van der Waals surface area contributed by atoms with Crippen molar-refractivity contribution >= 4 is 10.8 Å². The molecule has 0 fully saturated rings. The highest BCUT2D eigenvalue weighted by atomic mass is 16.3. The zero-order valence-corrected chi connectivity index (χ0v) is 10.2. The Kier molecular flexibility index (Phi) is 2.76. The predicted octanol–water partition coefficient (Wildman–Crippen LogP) is 3.57. The molecule has 0 spiro atoms. The Labute approximate surface area is 110 Å². The first-order valence-corrected chi connectivity index (χ1v) is 6.08. The molecule has 0 atom stereocenters. The van der Waals surface area contributed by atoms with Crippen LogP contribution in [0.4, 0.5) is 0 Å². The third kappa shape index (κ3) is 1.97. The smallest absolute Gasteiger partial charge is 0.220 e. The van der Waals surface area contributed by atoms with Gasteiger partial charge in [0.25, 0.3) is 0 Å². The molecule has 0 bridgehead atoms. The molecule has 2 heteroatoms. The van der Waals surface area contributed by atoms with E-state index in [4.69, 9.17) is 0 Å². The van der Waals surface area contributed by atoms with Gasteiger partial charge in [-0.25, -0.2) is 0 Å². The Morgan fingerprint density at radius 2 is 1.32 bits per heavy atom. The van der Waals surface area contributed by atoms with Crippen LogP contribution in [0.5, 0.6) is 5.75 Å². The Hall–Kier alpha value is -2.61. The summed E-state index contributed by atoms with van der Waals surface area (Å²) >= 11 is 0. The predicted molar refractivity (Wildman–Crippen MR) is 77.3 cm³/mol. The van der Waals surface area contributed by atoms with Crippen LogP contribution in [0, 0.1) is 0 Å². The summed E-state index contributed by atoms with van der Waals surface area (Å²) in [7, 11) is 0. The van der Waals surface area contributed by atoms with Crippen molar-refractivity contribution in [3.05, 3.63) is 77.0 Å². The van der Waals surface area contributed by atoms with Gasteiger partial charge in [0.05, 0.1) is 0 Å². The van der Waals surface area contributed by atoms with E-state index in [2.05, 4.69) is 0 Å². The Balaban J connectivity index is 2.41. The van der Waals surface area contributed by atoms with E-state index in [9.17, 15) is 9.90 Å². The minimum absolute atomic E-state index is 0.207. The van der Waals surface area contributed by atoms with Crippen LogP contribution in [0.1, 0.15) is 0 Å². The van der Waals surface area contributed by atoms with Gasteiger partial charge in [0.2, 0.25) is 5.43 Å². The van der Waals surface area contributed by atoms with Crippen LogP contribution in [0.15, 0.2) is 71.5 Å². The maximum atomic E-state index is 11.7. The average molecular weight is 248 g/mol. The number of aromatic hydroxyl groups is 1. The van der Waals surface area contributed by atoms with Gasteiger partial charge < -0.3 is 5.11 Å². The molecule has 0 aromatic heterocycles. The second-order valence-electron chi connectivity index (χ2n) is 4.37. The van der Waals surface area contributed by atoms with E-state index in [0.717, 1.165) is 16.3 Å². The summed E-state index contributed by atoms with van der Waals surface area (Å²) in [5.74, 6) is -0.207. The third-order valence-corrected chi connectivity index (χ3v) is 3.19. The molecule has 92 valence electrons. The van der Waals surface area contributed by atoms with Gasteiger partial charge in [-0.1, -0.05) is 60.7 Å². The number of benzene rings is 2. The molecule has 0 aliphatic carbocycles. The SMILES string of the molecule is O=c1ccccc(-c2cccc3ccccc23)c1O.